The number of methoxy groups -OCH3 is 3. The van der Waals surface area contributed by atoms with Gasteiger partial charge in [0.1, 0.15) is 22.2 Å². The number of aromatic nitrogens is 3. The molecule has 0 aliphatic carbocycles. The maximum Gasteiger partial charge on any atom is 0.342 e. The molecule has 0 atom stereocenters. The van der Waals surface area contributed by atoms with E-state index in [1.807, 2.05) is 23.6 Å². The van der Waals surface area contributed by atoms with E-state index in [9.17, 15) is 9.90 Å². The first kappa shape index (κ1) is 22.2. The van der Waals surface area contributed by atoms with E-state index in [-0.39, 0.29) is 4.91 Å². The summed E-state index contributed by atoms with van der Waals surface area (Å²) in [7, 11) is 4.73. The molecule has 2 aromatic carbocycles. The number of benzene rings is 2. The smallest absolute Gasteiger partial charge is 0.342 e. The molecule has 3 aromatic rings. The quantitative estimate of drug-likeness (QED) is 0.390. The average molecular weight is 442 g/mol. The van der Waals surface area contributed by atoms with E-state index in [0.717, 1.165) is 22.9 Å². The van der Waals surface area contributed by atoms with Crippen molar-refractivity contribution in [1.29, 1.82) is 0 Å². The molecule has 9 heteroatoms. The van der Waals surface area contributed by atoms with Crippen molar-refractivity contribution in [2.24, 2.45) is 0 Å². The number of thioether (sulfide) groups is 1. The van der Waals surface area contributed by atoms with Gasteiger partial charge in [0.15, 0.2) is 11.0 Å². The predicted octanol–water partition coefficient (Wildman–Crippen LogP) is 4.21. The lowest BCUT2D eigenvalue weighted by atomic mass is 10.2. The van der Waals surface area contributed by atoms with Crippen molar-refractivity contribution in [3.8, 4) is 28.6 Å². The molecule has 1 N–H and O–H groups in total. The monoisotopic (exact) mass is 441 g/mol. The number of carboxylic acids is 1. The summed E-state index contributed by atoms with van der Waals surface area (Å²) in [6.45, 7) is 2.50. The van der Waals surface area contributed by atoms with Gasteiger partial charge in [-0.05, 0) is 54.6 Å². The fourth-order valence-electron chi connectivity index (χ4n) is 2.88. The molecule has 8 nitrogen and oxygen atoms in total. The highest BCUT2D eigenvalue weighted by Gasteiger charge is 2.19. The number of ether oxygens (including phenoxy) is 3. The van der Waals surface area contributed by atoms with E-state index in [1.54, 1.807) is 57.7 Å². The van der Waals surface area contributed by atoms with E-state index in [2.05, 4.69) is 10.2 Å². The van der Waals surface area contributed by atoms with Crippen LogP contribution in [0.3, 0.4) is 0 Å². The van der Waals surface area contributed by atoms with Crippen molar-refractivity contribution < 1.29 is 24.1 Å². The van der Waals surface area contributed by atoms with Crippen LogP contribution in [0.25, 0.3) is 17.5 Å². The van der Waals surface area contributed by atoms with Crippen LogP contribution in [0.2, 0.25) is 0 Å². The number of hydrogen-bond acceptors (Lipinski definition) is 7. The maximum absolute atomic E-state index is 11.9. The van der Waals surface area contributed by atoms with Crippen molar-refractivity contribution in [2.75, 3.05) is 21.3 Å². The molecule has 0 radical (unpaired) electrons. The van der Waals surface area contributed by atoms with Gasteiger partial charge < -0.3 is 23.9 Å². The zero-order chi connectivity index (χ0) is 22.4. The van der Waals surface area contributed by atoms with Crippen molar-refractivity contribution >= 4 is 23.8 Å². The highest BCUT2D eigenvalue weighted by atomic mass is 32.2. The van der Waals surface area contributed by atoms with Gasteiger partial charge in [-0.1, -0.05) is 12.1 Å². The fraction of sp³-hybridized carbons (Fsp3) is 0.227. The molecule has 3 rings (SSSR count). The molecule has 162 valence electrons. The van der Waals surface area contributed by atoms with Gasteiger partial charge in [0.05, 0.1) is 21.3 Å². The van der Waals surface area contributed by atoms with E-state index in [1.165, 1.54) is 0 Å². The van der Waals surface area contributed by atoms with Gasteiger partial charge in [0.2, 0.25) is 0 Å². The summed E-state index contributed by atoms with van der Waals surface area (Å²) >= 11 is 1.05. The van der Waals surface area contributed by atoms with Gasteiger partial charge in [-0.25, -0.2) is 4.79 Å². The lowest BCUT2D eigenvalue weighted by Crippen LogP contribution is -2.03. The zero-order valence-electron chi connectivity index (χ0n) is 17.7. The Morgan fingerprint density at radius 3 is 2.13 bits per heavy atom. The first-order chi connectivity index (χ1) is 15.0. The van der Waals surface area contributed by atoms with Gasteiger partial charge in [-0.3, -0.25) is 0 Å². The van der Waals surface area contributed by atoms with Crippen molar-refractivity contribution in [2.45, 2.75) is 18.6 Å². The lowest BCUT2D eigenvalue weighted by molar-refractivity contribution is -0.131. The molecule has 0 fully saturated rings. The largest absolute Gasteiger partial charge is 0.497 e. The Bertz CT molecular complexity index is 1070. The molecule has 0 spiro atoms. The number of rotatable bonds is 9. The van der Waals surface area contributed by atoms with Gasteiger partial charge >= 0.3 is 5.97 Å². The Morgan fingerprint density at radius 1 is 1.00 bits per heavy atom. The minimum absolute atomic E-state index is 0.127. The highest BCUT2D eigenvalue weighted by molar-refractivity contribution is 8.04. The topological polar surface area (TPSA) is 95.7 Å². The molecular weight excluding hydrogens is 418 g/mol. The second kappa shape index (κ2) is 10.0. The number of hydrogen-bond donors (Lipinski definition) is 1. The van der Waals surface area contributed by atoms with Crippen LogP contribution >= 0.6 is 11.8 Å². The molecule has 31 heavy (non-hydrogen) atoms. The van der Waals surface area contributed by atoms with Crippen LogP contribution in [0.4, 0.5) is 0 Å². The summed E-state index contributed by atoms with van der Waals surface area (Å²) < 4.78 is 17.7. The van der Waals surface area contributed by atoms with Crippen LogP contribution in [-0.4, -0.2) is 47.2 Å². The second-order valence-corrected chi connectivity index (χ2v) is 7.35. The third kappa shape index (κ3) is 5.18. The molecule has 0 amide bonds. The van der Waals surface area contributed by atoms with E-state index in [4.69, 9.17) is 14.2 Å². The summed E-state index contributed by atoms with van der Waals surface area (Å²) in [5.41, 5.74) is 1.50. The van der Waals surface area contributed by atoms with Crippen LogP contribution in [0.15, 0.2) is 52.5 Å². The van der Waals surface area contributed by atoms with Crippen LogP contribution in [0.1, 0.15) is 12.5 Å². The summed E-state index contributed by atoms with van der Waals surface area (Å²) in [6.07, 6.45) is 1.59. The third-order valence-electron chi connectivity index (χ3n) is 4.47. The van der Waals surface area contributed by atoms with Gasteiger partial charge in [-0.15, -0.1) is 10.2 Å². The van der Waals surface area contributed by atoms with Crippen LogP contribution in [0.5, 0.6) is 17.2 Å². The molecule has 0 saturated heterocycles. The highest BCUT2D eigenvalue weighted by Crippen LogP contribution is 2.33. The minimum atomic E-state index is -1.05. The average Bonchev–Trinajstić information content (AvgIpc) is 3.21. The Hall–Kier alpha value is -3.46. The first-order valence-corrected chi connectivity index (χ1v) is 10.2. The molecule has 0 saturated carbocycles. The Labute approximate surface area is 184 Å². The molecular formula is C22H23N3O5S. The maximum atomic E-state index is 11.9. The molecule has 0 aliphatic rings. The third-order valence-corrected chi connectivity index (χ3v) is 5.47. The second-order valence-electron chi connectivity index (χ2n) is 6.34. The Balaban J connectivity index is 1.97. The number of carbonyl (C=O) groups is 1. The van der Waals surface area contributed by atoms with E-state index in [0.29, 0.717) is 34.8 Å². The number of nitrogens with zero attached hydrogens (tertiary/aromatic N) is 3. The van der Waals surface area contributed by atoms with E-state index < -0.39 is 5.97 Å². The number of carboxylic acid groups (broad SMARTS) is 1. The SMILES string of the molecule is CCn1c(S/C(=C\c2ccc(OC)cc2)C(=O)O)nnc1-c1cc(OC)cc(OC)c1. The summed E-state index contributed by atoms with van der Waals surface area (Å²) in [5.74, 6) is 1.50. The molecule has 0 aliphatic heterocycles. The normalized spacial score (nSPS) is 11.3. The van der Waals surface area contributed by atoms with Crippen molar-refractivity contribution in [1.82, 2.24) is 14.8 Å². The van der Waals surface area contributed by atoms with E-state index >= 15 is 0 Å². The molecule has 1 heterocycles. The fourth-order valence-corrected chi connectivity index (χ4v) is 3.77. The van der Waals surface area contributed by atoms with Crippen LogP contribution in [-0.2, 0) is 11.3 Å². The van der Waals surface area contributed by atoms with Gasteiger partial charge in [-0.2, -0.15) is 0 Å². The molecule has 1 aromatic heterocycles. The van der Waals surface area contributed by atoms with Gasteiger partial charge in [0, 0.05) is 18.2 Å². The van der Waals surface area contributed by atoms with Crippen LogP contribution in [0, 0.1) is 0 Å². The Kier molecular flexibility index (Phi) is 7.19. The standard InChI is InChI=1S/C22H23N3O5S/c1-5-25-20(15-11-17(29-3)13-18(12-15)30-4)23-24-22(25)31-19(21(26)27)10-14-6-8-16(28-2)9-7-14/h6-13H,5H2,1-4H3,(H,26,27)/b19-10-. The van der Waals surface area contributed by atoms with Gasteiger partial charge in [0.25, 0.3) is 0 Å². The van der Waals surface area contributed by atoms with Crippen LogP contribution < -0.4 is 14.2 Å². The molecule has 0 unspecified atom stereocenters. The molecule has 0 bridgehead atoms. The lowest BCUT2D eigenvalue weighted by Gasteiger charge is -2.10. The van der Waals surface area contributed by atoms with Crippen molar-refractivity contribution in [3.63, 3.8) is 0 Å². The Morgan fingerprint density at radius 2 is 1.61 bits per heavy atom. The summed E-state index contributed by atoms with van der Waals surface area (Å²) in [6, 6.07) is 12.6. The first-order valence-electron chi connectivity index (χ1n) is 9.42. The van der Waals surface area contributed by atoms with Crippen molar-refractivity contribution in [3.05, 3.63) is 52.9 Å². The minimum Gasteiger partial charge on any atom is -0.497 e. The summed E-state index contributed by atoms with van der Waals surface area (Å²) in [4.78, 5) is 12.0. The predicted molar refractivity (Wildman–Crippen MR) is 119 cm³/mol. The number of aliphatic carboxylic acids is 1. The summed E-state index contributed by atoms with van der Waals surface area (Å²) in [5, 5.41) is 18.7. The zero-order valence-corrected chi connectivity index (χ0v) is 18.5.